The fourth-order valence-corrected chi connectivity index (χ4v) is 3.96. The highest BCUT2D eigenvalue weighted by atomic mass is 35.5. The zero-order valence-corrected chi connectivity index (χ0v) is 17.6. The Morgan fingerprint density at radius 3 is 2.41 bits per heavy atom. The van der Waals surface area contributed by atoms with Gasteiger partial charge in [-0.25, -0.2) is 8.42 Å². The second-order valence-corrected chi connectivity index (χ2v) is 9.08. The van der Waals surface area contributed by atoms with Gasteiger partial charge in [0.1, 0.15) is 0 Å². The lowest BCUT2D eigenvalue weighted by atomic mass is 10.1. The topological polar surface area (TPSA) is 66.5 Å². The third-order valence-corrected chi connectivity index (χ3v) is 5.69. The van der Waals surface area contributed by atoms with E-state index in [-0.39, 0.29) is 18.9 Å². The van der Waals surface area contributed by atoms with E-state index >= 15 is 0 Å². The van der Waals surface area contributed by atoms with Crippen molar-refractivity contribution in [2.45, 2.75) is 33.6 Å². The normalized spacial score (nSPS) is 11.3. The van der Waals surface area contributed by atoms with Gasteiger partial charge in [-0.3, -0.25) is 9.10 Å². The van der Waals surface area contributed by atoms with Crippen LogP contribution in [0.1, 0.15) is 29.5 Å². The Morgan fingerprint density at radius 2 is 1.74 bits per heavy atom. The summed E-state index contributed by atoms with van der Waals surface area (Å²) >= 11 is 5.97. The summed E-state index contributed by atoms with van der Waals surface area (Å²) < 4.78 is 25.9. The quantitative estimate of drug-likeness (QED) is 0.735. The molecule has 146 valence electrons. The smallest absolute Gasteiger partial charge is 0.232 e. The van der Waals surface area contributed by atoms with E-state index in [1.54, 1.807) is 12.1 Å². The van der Waals surface area contributed by atoms with Crippen molar-refractivity contribution in [3.05, 3.63) is 58.1 Å². The standard InChI is InChI=1S/C20H25ClN2O3S/c1-14-7-8-16(3)19(12-14)23(27(4,25)26)11-5-6-20(24)22-18-13-17(21)10-9-15(18)2/h7-10,12-13H,5-6,11H2,1-4H3,(H,22,24). The predicted molar refractivity (Wildman–Crippen MR) is 112 cm³/mol. The number of nitrogens with one attached hydrogen (secondary N) is 1. The minimum absolute atomic E-state index is 0.171. The lowest BCUT2D eigenvalue weighted by molar-refractivity contribution is -0.116. The third kappa shape index (κ3) is 5.97. The summed E-state index contributed by atoms with van der Waals surface area (Å²) in [5.41, 5.74) is 4.11. The molecule has 0 aliphatic heterocycles. The lowest BCUT2D eigenvalue weighted by Crippen LogP contribution is -2.32. The molecule has 0 atom stereocenters. The number of rotatable bonds is 7. The van der Waals surface area contributed by atoms with Gasteiger partial charge < -0.3 is 5.32 Å². The van der Waals surface area contributed by atoms with Crippen LogP contribution in [0.2, 0.25) is 5.02 Å². The van der Waals surface area contributed by atoms with E-state index in [0.717, 1.165) is 16.7 Å². The van der Waals surface area contributed by atoms with Crippen molar-refractivity contribution >= 4 is 38.9 Å². The van der Waals surface area contributed by atoms with Gasteiger partial charge >= 0.3 is 0 Å². The van der Waals surface area contributed by atoms with Crippen molar-refractivity contribution in [3.63, 3.8) is 0 Å². The van der Waals surface area contributed by atoms with Crippen LogP contribution >= 0.6 is 11.6 Å². The molecule has 0 aromatic heterocycles. The summed E-state index contributed by atoms with van der Waals surface area (Å²) in [6.45, 7) is 5.93. The number of aryl methyl sites for hydroxylation is 3. The summed E-state index contributed by atoms with van der Waals surface area (Å²) in [6.07, 6.45) is 1.80. The van der Waals surface area contributed by atoms with Gasteiger partial charge in [0.25, 0.3) is 0 Å². The molecule has 0 aliphatic carbocycles. The maximum absolute atomic E-state index is 12.3. The Hall–Kier alpha value is -2.05. The maximum atomic E-state index is 12.3. The summed E-state index contributed by atoms with van der Waals surface area (Å²) in [5.74, 6) is -0.171. The number of halogens is 1. The van der Waals surface area contributed by atoms with Gasteiger partial charge in [0.15, 0.2) is 0 Å². The molecule has 1 N–H and O–H groups in total. The average Bonchev–Trinajstić information content (AvgIpc) is 2.56. The molecule has 0 spiro atoms. The highest BCUT2D eigenvalue weighted by Gasteiger charge is 2.19. The van der Waals surface area contributed by atoms with Crippen LogP contribution in [0, 0.1) is 20.8 Å². The first-order valence-corrected chi connectivity index (χ1v) is 10.9. The Kier molecular flexibility index (Phi) is 6.89. The minimum Gasteiger partial charge on any atom is -0.326 e. The predicted octanol–water partition coefficient (Wildman–Crippen LogP) is 4.45. The molecule has 2 aromatic carbocycles. The van der Waals surface area contributed by atoms with Crippen molar-refractivity contribution < 1.29 is 13.2 Å². The second kappa shape index (κ2) is 8.76. The van der Waals surface area contributed by atoms with E-state index in [4.69, 9.17) is 11.6 Å². The molecule has 0 bridgehead atoms. The first kappa shape index (κ1) is 21.3. The van der Waals surface area contributed by atoms with Crippen LogP contribution in [0.3, 0.4) is 0 Å². The van der Waals surface area contributed by atoms with Crippen molar-refractivity contribution in [1.82, 2.24) is 0 Å². The van der Waals surface area contributed by atoms with Crippen molar-refractivity contribution in [2.75, 3.05) is 22.4 Å². The molecule has 2 rings (SSSR count). The zero-order valence-electron chi connectivity index (χ0n) is 16.0. The molecule has 7 heteroatoms. The molecule has 0 unspecified atom stereocenters. The van der Waals surface area contributed by atoms with Crippen LogP contribution in [-0.4, -0.2) is 27.1 Å². The molecule has 0 fully saturated rings. The first-order valence-electron chi connectivity index (χ1n) is 8.69. The summed E-state index contributed by atoms with van der Waals surface area (Å²) in [4.78, 5) is 12.2. The first-order chi connectivity index (χ1) is 12.6. The van der Waals surface area contributed by atoms with Crippen molar-refractivity contribution in [2.24, 2.45) is 0 Å². The van der Waals surface area contributed by atoms with E-state index in [1.807, 2.05) is 45.0 Å². The van der Waals surface area contributed by atoms with Gasteiger partial charge in [-0.2, -0.15) is 0 Å². The number of hydrogen-bond donors (Lipinski definition) is 1. The summed E-state index contributed by atoms with van der Waals surface area (Å²) in [6, 6.07) is 11.0. The van der Waals surface area contributed by atoms with E-state index < -0.39 is 10.0 Å². The SMILES string of the molecule is Cc1ccc(C)c(N(CCCC(=O)Nc2cc(Cl)ccc2C)S(C)(=O)=O)c1. The number of carbonyl (C=O) groups excluding carboxylic acids is 1. The van der Waals surface area contributed by atoms with Crippen LogP contribution in [0.4, 0.5) is 11.4 Å². The van der Waals surface area contributed by atoms with Crippen LogP contribution in [0.5, 0.6) is 0 Å². The molecule has 0 aliphatic rings. The number of sulfonamides is 1. The molecule has 2 aromatic rings. The van der Waals surface area contributed by atoms with Crippen LogP contribution in [-0.2, 0) is 14.8 Å². The van der Waals surface area contributed by atoms with E-state index in [9.17, 15) is 13.2 Å². The average molecular weight is 409 g/mol. The van der Waals surface area contributed by atoms with Gasteiger partial charge in [-0.15, -0.1) is 0 Å². The van der Waals surface area contributed by atoms with E-state index in [0.29, 0.717) is 22.8 Å². The number of nitrogens with zero attached hydrogens (tertiary/aromatic N) is 1. The van der Waals surface area contributed by atoms with Crippen LogP contribution in [0.15, 0.2) is 36.4 Å². The molecule has 0 saturated carbocycles. The highest BCUT2D eigenvalue weighted by molar-refractivity contribution is 7.92. The van der Waals surface area contributed by atoms with Gasteiger partial charge in [0, 0.05) is 23.7 Å². The van der Waals surface area contributed by atoms with Crippen LogP contribution in [0.25, 0.3) is 0 Å². The molecular weight excluding hydrogens is 384 g/mol. The lowest BCUT2D eigenvalue weighted by Gasteiger charge is -2.24. The highest BCUT2D eigenvalue weighted by Crippen LogP contribution is 2.25. The molecule has 1 amide bonds. The summed E-state index contributed by atoms with van der Waals surface area (Å²) in [5, 5.41) is 3.38. The summed E-state index contributed by atoms with van der Waals surface area (Å²) in [7, 11) is -3.44. The number of benzene rings is 2. The largest absolute Gasteiger partial charge is 0.326 e. The van der Waals surface area contributed by atoms with Crippen LogP contribution < -0.4 is 9.62 Å². The molecule has 0 radical (unpaired) electrons. The molecular formula is C20H25ClN2O3S. The number of amides is 1. The number of anilines is 2. The molecule has 5 nitrogen and oxygen atoms in total. The third-order valence-electron chi connectivity index (χ3n) is 4.27. The molecule has 0 heterocycles. The Bertz CT molecular complexity index is 942. The molecule has 27 heavy (non-hydrogen) atoms. The second-order valence-electron chi connectivity index (χ2n) is 6.74. The van der Waals surface area contributed by atoms with Gasteiger partial charge in [0.2, 0.25) is 15.9 Å². The zero-order chi connectivity index (χ0) is 20.2. The van der Waals surface area contributed by atoms with Gasteiger partial charge in [0.05, 0.1) is 11.9 Å². The van der Waals surface area contributed by atoms with Crippen molar-refractivity contribution in [1.29, 1.82) is 0 Å². The Morgan fingerprint density at radius 1 is 1.07 bits per heavy atom. The molecule has 0 saturated heterocycles. The Balaban J connectivity index is 2.05. The van der Waals surface area contributed by atoms with Crippen molar-refractivity contribution in [3.8, 4) is 0 Å². The monoisotopic (exact) mass is 408 g/mol. The van der Waals surface area contributed by atoms with E-state index in [1.165, 1.54) is 10.6 Å². The minimum atomic E-state index is -3.44. The fourth-order valence-electron chi connectivity index (χ4n) is 2.78. The maximum Gasteiger partial charge on any atom is 0.232 e. The number of carbonyl (C=O) groups is 1. The van der Waals surface area contributed by atoms with Gasteiger partial charge in [-0.1, -0.05) is 29.8 Å². The number of hydrogen-bond acceptors (Lipinski definition) is 3. The Labute approximate surface area is 166 Å². The van der Waals surface area contributed by atoms with E-state index in [2.05, 4.69) is 5.32 Å². The van der Waals surface area contributed by atoms with Gasteiger partial charge in [-0.05, 0) is 62.1 Å². The fraction of sp³-hybridized carbons (Fsp3) is 0.350.